The Bertz CT molecular complexity index is 797. The van der Waals surface area contributed by atoms with Gasteiger partial charge in [-0.2, -0.15) is 0 Å². The van der Waals surface area contributed by atoms with Gasteiger partial charge in [-0.05, 0) is 23.3 Å². The molecule has 0 radical (unpaired) electrons. The van der Waals surface area contributed by atoms with Gasteiger partial charge < -0.3 is 5.73 Å². The Balaban J connectivity index is 2.39. The second-order valence-corrected chi connectivity index (χ2v) is 4.62. The van der Waals surface area contributed by atoms with Crippen molar-refractivity contribution in [2.24, 2.45) is 5.73 Å². The van der Waals surface area contributed by atoms with Gasteiger partial charge in [0.1, 0.15) is 0 Å². The number of nitro benzene ring substituents is 2. The molecule has 0 saturated carbocycles. The summed E-state index contributed by atoms with van der Waals surface area (Å²) in [6, 6.07) is 9.78. The summed E-state index contributed by atoms with van der Waals surface area (Å²) in [5.74, 6) is -0.578. The number of nitrogens with zero attached hydrogens (tertiary/aromatic N) is 2. The van der Waals surface area contributed by atoms with Crippen LogP contribution in [0.1, 0.15) is 21.5 Å². The molecule has 2 aromatic rings. The van der Waals surface area contributed by atoms with Crippen LogP contribution in [0.4, 0.5) is 11.4 Å². The number of carbonyl (C=O) groups is 1. The van der Waals surface area contributed by atoms with Crippen molar-refractivity contribution in [2.45, 2.75) is 0 Å². The van der Waals surface area contributed by atoms with Crippen molar-refractivity contribution in [2.75, 3.05) is 0 Å². The third-order valence-electron chi connectivity index (χ3n) is 2.99. The molecule has 0 spiro atoms. The van der Waals surface area contributed by atoms with E-state index in [0.29, 0.717) is 16.7 Å². The van der Waals surface area contributed by atoms with Crippen LogP contribution in [-0.4, -0.2) is 15.8 Å². The Kier molecular flexibility index (Phi) is 4.46. The van der Waals surface area contributed by atoms with Crippen LogP contribution in [0, 0.1) is 20.2 Å². The molecule has 2 N–H and O–H groups in total. The van der Waals surface area contributed by atoms with Gasteiger partial charge in [0, 0.05) is 17.7 Å². The summed E-state index contributed by atoms with van der Waals surface area (Å²) in [5, 5.41) is 21.7. The first-order chi connectivity index (χ1) is 10.9. The first-order valence-electron chi connectivity index (χ1n) is 6.38. The molecule has 0 unspecified atom stereocenters. The van der Waals surface area contributed by atoms with E-state index >= 15 is 0 Å². The normalized spacial score (nSPS) is 10.6. The Morgan fingerprint density at radius 2 is 1.48 bits per heavy atom. The molecule has 1 amide bonds. The first kappa shape index (κ1) is 15.8. The van der Waals surface area contributed by atoms with Gasteiger partial charge >= 0.3 is 0 Å². The van der Waals surface area contributed by atoms with Crippen molar-refractivity contribution in [1.82, 2.24) is 0 Å². The second kappa shape index (κ2) is 6.48. The molecular formula is C15H11N3O5. The van der Waals surface area contributed by atoms with E-state index < -0.39 is 15.8 Å². The number of non-ortho nitro benzene ring substituents is 2. The maximum absolute atomic E-state index is 11.1. The van der Waals surface area contributed by atoms with Crippen LogP contribution in [0.5, 0.6) is 0 Å². The zero-order valence-electron chi connectivity index (χ0n) is 11.7. The Hall–Kier alpha value is -3.55. The minimum atomic E-state index is -0.696. The third kappa shape index (κ3) is 3.97. The number of rotatable bonds is 5. The highest BCUT2D eigenvalue weighted by atomic mass is 16.6. The van der Waals surface area contributed by atoms with Gasteiger partial charge in [0.25, 0.3) is 11.4 Å². The second-order valence-electron chi connectivity index (χ2n) is 4.62. The fourth-order valence-corrected chi connectivity index (χ4v) is 1.91. The molecular weight excluding hydrogens is 302 g/mol. The topological polar surface area (TPSA) is 129 Å². The van der Waals surface area contributed by atoms with Crippen molar-refractivity contribution in [3.63, 3.8) is 0 Å². The molecule has 0 atom stereocenters. The van der Waals surface area contributed by atoms with Gasteiger partial charge in [0.15, 0.2) is 0 Å². The van der Waals surface area contributed by atoms with E-state index in [9.17, 15) is 25.0 Å². The quantitative estimate of drug-likeness (QED) is 0.515. The van der Waals surface area contributed by atoms with E-state index in [1.54, 1.807) is 30.3 Å². The summed E-state index contributed by atoms with van der Waals surface area (Å²) in [4.78, 5) is 31.4. The van der Waals surface area contributed by atoms with E-state index in [4.69, 9.17) is 5.73 Å². The van der Waals surface area contributed by atoms with Gasteiger partial charge in [-0.3, -0.25) is 25.0 Å². The summed E-state index contributed by atoms with van der Waals surface area (Å²) in [6.45, 7) is 0. The van der Waals surface area contributed by atoms with E-state index in [0.717, 1.165) is 6.07 Å². The van der Waals surface area contributed by atoms with Crippen LogP contribution in [0.15, 0.2) is 42.5 Å². The van der Waals surface area contributed by atoms with Gasteiger partial charge in [-0.1, -0.05) is 24.3 Å². The highest BCUT2D eigenvalue weighted by Gasteiger charge is 2.15. The summed E-state index contributed by atoms with van der Waals surface area (Å²) in [5.41, 5.74) is 5.69. The summed E-state index contributed by atoms with van der Waals surface area (Å²) in [7, 11) is 0. The number of nitro groups is 2. The zero-order valence-corrected chi connectivity index (χ0v) is 11.7. The van der Waals surface area contributed by atoms with Crippen molar-refractivity contribution in [1.29, 1.82) is 0 Å². The Morgan fingerprint density at radius 3 is 2.00 bits per heavy atom. The highest BCUT2D eigenvalue weighted by Crippen LogP contribution is 2.24. The number of amides is 1. The molecule has 0 aliphatic heterocycles. The lowest BCUT2D eigenvalue weighted by atomic mass is 10.1. The molecule has 0 fully saturated rings. The van der Waals surface area contributed by atoms with E-state index in [-0.39, 0.29) is 11.4 Å². The van der Waals surface area contributed by atoms with Crippen molar-refractivity contribution >= 4 is 29.4 Å². The standard InChI is InChI=1S/C15H11N3O5/c16-15(19)12-3-1-2-10(6-12)4-5-11-7-13(17(20)21)9-14(8-11)18(22)23/h1-9H,(H2,16,19)/b5-4+. The fourth-order valence-electron chi connectivity index (χ4n) is 1.91. The SMILES string of the molecule is NC(=O)c1cccc(/C=C/c2cc([N+](=O)[O-])cc([N+](=O)[O-])c2)c1. The van der Waals surface area contributed by atoms with E-state index in [1.165, 1.54) is 18.2 Å². The number of benzene rings is 2. The molecule has 0 saturated heterocycles. The van der Waals surface area contributed by atoms with Crippen LogP contribution < -0.4 is 5.73 Å². The molecule has 0 aliphatic rings. The number of hydrogen-bond acceptors (Lipinski definition) is 5. The van der Waals surface area contributed by atoms with E-state index in [2.05, 4.69) is 0 Å². The van der Waals surface area contributed by atoms with Crippen molar-refractivity contribution in [3.8, 4) is 0 Å². The van der Waals surface area contributed by atoms with Crippen LogP contribution >= 0.6 is 0 Å². The highest BCUT2D eigenvalue weighted by molar-refractivity contribution is 5.93. The molecule has 2 rings (SSSR count). The molecule has 0 heterocycles. The fraction of sp³-hybridized carbons (Fsp3) is 0. The summed E-state index contributed by atoms with van der Waals surface area (Å²) in [6.07, 6.45) is 3.06. The number of carbonyl (C=O) groups excluding carboxylic acids is 1. The maximum Gasteiger partial charge on any atom is 0.276 e. The molecule has 116 valence electrons. The average molecular weight is 313 g/mol. The Labute approximate surface area is 130 Å². The van der Waals surface area contributed by atoms with Gasteiger partial charge in [0.05, 0.1) is 15.9 Å². The minimum absolute atomic E-state index is 0.301. The lowest BCUT2D eigenvalue weighted by Gasteiger charge is -1.99. The summed E-state index contributed by atoms with van der Waals surface area (Å²) >= 11 is 0. The van der Waals surface area contributed by atoms with Crippen LogP contribution in [0.3, 0.4) is 0 Å². The van der Waals surface area contributed by atoms with Crippen molar-refractivity contribution in [3.05, 3.63) is 79.4 Å². The number of primary amides is 1. The molecule has 8 nitrogen and oxygen atoms in total. The molecule has 2 aromatic carbocycles. The summed E-state index contributed by atoms with van der Waals surface area (Å²) < 4.78 is 0. The maximum atomic E-state index is 11.1. The van der Waals surface area contributed by atoms with Crippen LogP contribution in [0.25, 0.3) is 12.2 Å². The third-order valence-corrected chi connectivity index (χ3v) is 2.99. The molecule has 0 bridgehead atoms. The van der Waals surface area contributed by atoms with Crippen LogP contribution in [-0.2, 0) is 0 Å². The Morgan fingerprint density at radius 1 is 0.913 bits per heavy atom. The van der Waals surface area contributed by atoms with Crippen molar-refractivity contribution < 1.29 is 14.6 Å². The van der Waals surface area contributed by atoms with Gasteiger partial charge in [0.2, 0.25) is 5.91 Å². The first-order valence-corrected chi connectivity index (χ1v) is 6.38. The molecule has 0 aliphatic carbocycles. The van der Waals surface area contributed by atoms with Crippen LogP contribution in [0.2, 0.25) is 0 Å². The predicted octanol–water partition coefficient (Wildman–Crippen LogP) is 2.77. The van der Waals surface area contributed by atoms with Gasteiger partial charge in [-0.15, -0.1) is 0 Å². The number of hydrogen-bond donors (Lipinski definition) is 1. The lowest BCUT2D eigenvalue weighted by Crippen LogP contribution is -2.10. The largest absolute Gasteiger partial charge is 0.366 e. The molecule has 0 aromatic heterocycles. The monoisotopic (exact) mass is 313 g/mol. The minimum Gasteiger partial charge on any atom is -0.366 e. The number of nitrogens with two attached hydrogens (primary N) is 1. The average Bonchev–Trinajstić information content (AvgIpc) is 2.52. The molecule has 8 heteroatoms. The lowest BCUT2D eigenvalue weighted by molar-refractivity contribution is -0.394. The molecule has 23 heavy (non-hydrogen) atoms. The van der Waals surface area contributed by atoms with Gasteiger partial charge in [-0.25, -0.2) is 0 Å². The smallest absolute Gasteiger partial charge is 0.276 e. The predicted molar refractivity (Wildman–Crippen MR) is 83.6 cm³/mol. The van der Waals surface area contributed by atoms with E-state index in [1.807, 2.05) is 0 Å². The zero-order chi connectivity index (χ0) is 17.0.